The second-order valence-corrected chi connectivity index (χ2v) is 7.99. The lowest BCUT2D eigenvalue weighted by Gasteiger charge is -2.36. The molecule has 1 N–H and O–H groups in total. The number of benzene rings is 1. The van der Waals surface area contributed by atoms with Gasteiger partial charge in [-0.25, -0.2) is 0 Å². The second kappa shape index (κ2) is 4.37. The lowest BCUT2D eigenvalue weighted by atomic mass is 9.85. The average Bonchev–Trinajstić information content (AvgIpc) is 2.70. The molecule has 0 radical (unpaired) electrons. The summed E-state index contributed by atoms with van der Waals surface area (Å²) < 4.78 is 12.1. The Hall–Kier alpha value is -1.26. The van der Waals surface area contributed by atoms with Crippen molar-refractivity contribution in [3.05, 3.63) is 42.1 Å². The van der Waals surface area contributed by atoms with E-state index in [1.165, 1.54) is 0 Å². The van der Waals surface area contributed by atoms with E-state index in [1.54, 1.807) is 6.20 Å². The van der Waals surface area contributed by atoms with Crippen molar-refractivity contribution in [1.82, 2.24) is 4.98 Å². The van der Waals surface area contributed by atoms with Gasteiger partial charge in [-0.15, -0.1) is 0 Å². The van der Waals surface area contributed by atoms with Crippen LogP contribution < -0.4 is 0 Å². The Bertz CT molecular complexity index is 684. The number of aromatic nitrogens is 1. The molecule has 2 aromatic rings. The van der Waals surface area contributed by atoms with Gasteiger partial charge in [0.25, 0.3) is 0 Å². The molecular weight excluding hydrogens is 270 g/mol. The Morgan fingerprint density at radius 2 is 1.95 bits per heavy atom. The smallest absolute Gasteiger partial charge is 0.0920 e. The van der Waals surface area contributed by atoms with Gasteiger partial charge in [-0.1, -0.05) is 18.2 Å². The zero-order valence-electron chi connectivity index (χ0n) is 11.2. The third-order valence-electron chi connectivity index (χ3n) is 4.74. The van der Waals surface area contributed by atoms with Crippen LogP contribution in [-0.4, -0.2) is 24.8 Å². The third-order valence-corrected chi connectivity index (χ3v) is 6.86. The van der Waals surface area contributed by atoms with Crippen LogP contribution in [0.3, 0.4) is 0 Å². The Balaban J connectivity index is 1.76. The first-order valence-corrected chi connectivity index (χ1v) is 8.40. The Morgan fingerprint density at radius 1 is 1.20 bits per heavy atom. The van der Waals surface area contributed by atoms with Crippen LogP contribution in [0, 0.1) is 0 Å². The standard InChI is InChI=1S/C16H17NO2S/c18-16(9-13-5-6-14(10-16)20(13)19)12-4-3-11-2-1-7-17-15(11)8-12/h1-4,7-8,13-14,18H,5-6,9-10H2. The fourth-order valence-corrected chi connectivity index (χ4v) is 5.83. The van der Waals surface area contributed by atoms with E-state index < -0.39 is 16.4 Å². The van der Waals surface area contributed by atoms with E-state index in [1.807, 2.05) is 30.3 Å². The van der Waals surface area contributed by atoms with Crippen molar-refractivity contribution in [2.24, 2.45) is 0 Å². The maximum Gasteiger partial charge on any atom is 0.0920 e. The van der Waals surface area contributed by atoms with Gasteiger partial charge in [0.2, 0.25) is 0 Å². The molecule has 4 heteroatoms. The minimum absolute atomic E-state index is 0.165. The van der Waals surface area contributed by atoms with Gasteiger partial charge in [0.1, 0.15) is 0 Å². The van der Waals surface area contributed by atoms with Crippen molar-refractivity contribution in [3.8, 4) is 0 Å². The molecule has 2 bridgehead atoms. The van der Waals surface area contributed by atoms with E-state index in [2.05, 4.69) is 4.98 Å². The fourth-order valence-electron chi connectivity index (χ4n) is 3.67. The number of rotatable bonds is 1. The molecule has 2 atom stereocenters. The largest absolute Gasteiger partial charge is 0.385 e. The molecule has 2 saturated heterocycles. The van der Waals surface area contributed by atoms with Crippen LogP contribution in [0.4, 0.5) is 0 Å². The molecule has 0 saturated carbocycles. The molecule has 0 amide bonds. The molecule has 0 spiro atoms. The molecule has 2 aliphatic rings. The molecule has 2 aliphatic heterocycles. The molecular formula is C16H17NO2S. The van der Waals surface area contributed by atoms with Crippen molar-refractivity contribution in [2.75, 3.05) is 0 Å². The van der Waals surface area contributed by atoms with E-state index in [9.17, 15) is 9.32 Å². The van der Waals surface area contributed by atoms with Crippen LogP contribution >= 0.6 is 0 Å². The van der Waals surface area contributed by atoms with Crippen LogP contribution in [0.15, 0.2) is 36.5 Å². The van der Waals surface area contributed by atoms with E-state index in [-0.39, 0.29) is 10.5 Å². The highest BCUT2D eigenvalue weighted by atomic mass is 32.2. The van der Waals surface area contributed by atoms with Crippen molar-refractivity contribution in [3.63, 3.8) is 0 Å². The predicted molar refractivity (Wildman–Crippen MR) is 79.8 cm³/mol. The lowest BCUT2D eigenvalue weighted by Crippen LogP contribution is -2.40. The van der Waals surface area contributed by atoms with Gasteiger partial charge in [0.15, 0.2) is 0 Å². The maximum absolute atomic E-state index is 12.1. The predicted octanol–water partition coefficient (Wildman–Crippen LogP) is 2.50. The average molecular weight is 287 g/mol. The summed E-state index contributed by atoms with van der Waals surface area (Å²) in [6, 6.07) is 9.94. The van der Waals surface area contributed by atoms with E-state index in [0.717, 1.165) is 29.3 Å². The Labute approximate surface area is 120 Å². The first kappa shape index (κ1) is 12.5. The normalized spacial score (nSPS) is 36.4. The molecule has 0 aliphatic carbocycles. The second-order valence-electron chi connectivity index (χ2n) is 6.00. The zero-order valence-corrected chi connectivity index (χ0v) is 12.0. The Kier molecular flexibility index (Phi) is 2.72. The van der Waals surface area contributed by atoms with Crippen molar-refractivity contribution >= 4 is 21.7 Å². The van der Waals surface area contributed by atoms with Crippen molar-refractivity contribution in [2.45, 2.75) is 41.8 Å². The summed E-state index contributed by atoms with van der Waals surface area (Å²) in [5, 5.41) is 12.5. The first-order chi connectivity index (χ1) is 9.66. The summed E-state index contributed by atoms with van der Waals surface area (Å²) >= 11 is 0. The number of fused-ring (bicyclic) bond motifs is 3. The quantitative estimate of drug-likeness (QED) is 0.876. The highest BCUT2D eigenvalue weighted by Gasteiger charge is 2.48. The summed E-state index contributed by atoms with van der Waals surface area (Å²) in [5.41, 5.74) is 1.01. The molecule has 2 fully saturated rings. The number of hydrogen-bond acceptors (Lipinski definition) is 3. The van der Waals surface area contributed by atoms with Gasteiger partial charge in [0.05, 0.1) is 11.1 Å². The molecule has 4 rings (SSSR count). The Morgan fingerprint density at radius 3 is 2.70 bits per heavy atom. The topological polar surface area (TPSA) is 50.2 Å². The summed E-state index contributed by atoms with van der Waals surface area (Å²) in [7, 11) is -0.742. The molecule has 3 heterocycles. The van der Waals surface area contributed by atoms with Crippen LogP contribution in [0.1, 0.15) is 31.2 Å². The highest BCUT2D eigenvalue weighted by molar-refractivity contribution is 7.86. The summed E-state index contributed by atoms with van der Waals surface area (Å²) in [6.45, 7) is 0. The molecule has 2 unspecified atom stereocenters. The van der Waals surface area contributed by atoms with Crippen molar-refractivity contribution in [1.29, 1.82) is 0 Å². The van der Waals surface area contributed by atoms with Gasteiger partial charge in [-0.3, -0.25) is 9.19 Å². The number of nitrogens with zero attached hydrogens (tertiary/aromatic N) is 1. The van der Waals surface area contributed by atoms with E-state index >= 15 is 0 Å². The first-order valence-electron chi connectivity index (χ1n) is 7.13. The summed E-state index contributed by atoms with van der Waals surface area (Å²) in [5.74, 6) is 0. The zero-order chi connectivity index (χ0) is 13.7. The molecule has 20 heavy (non-hydrogen) atoms. The number of hydrogen-bond donors (Lipinski definition) is 1. The molecule has 1 aromatic heterocycles. The van der Waals surface area contributed by atoms with E-state index in [0.29, 0.717) is 12.8 Å². The number of aliphatic hydroxyl groups is 1. The van der Waals surface area contributed by atoms with Gasteiger partial charge in [-0.2, -0.15) is 0 Å². The minimum atomic E-state index is -0.828. The van der Waals surface area contributed by atoms with E-state index in [4.69, 9.17) is 0 Å². The summed E-state index contributed by atoms with van der Waals surface area (Å²) in [6.07, 6.45) is 5.00. The molecule has 1 aromatic carbocycles. The molecule has 3 nitrogen and oxygen atoms in total. The van der Waals surface area contributed by atoms with Crippen LogP contribution in [0.5, 0.6) is 0 Å². The minimum Gasteiger partial charge on any atom is -0.385 e. The van der Waals surface area contributed by atoms with Crippen LogP contribution in [-0.2, 0) is 16.4 Å². The van der Waals surface area contributed by atoms with Gasteiger partial charge in [0, 0.05) is 32.9 Å². The van der Waals surface area contributed by atoms with Crippen LogP contribution in [0.25, 0.3) is 10.9 Å². The van der Waals surface area contributed by atoms with Crippen molar-refractivity contribution < 1.29 is 9.32 Å². The molecule has 104 valence electrons. The summed E-state index contributed by atoms with van der Waals surface area (Å²) in [4.78, 5) is 4.37. The lowest BCUT2D eigenvalue weighted by molar-refractivity contribution is 0.0186. The monoisotopic (exact) mass is 287 g/mol. The maximum atomic E-state index is 12.1. The number of pyridine rings is 1. The van der Waals surface area contributed by atoms with Gasteiger partial charge < -0.3 is 5.11 Å². The fraction of sp³-hybridized carbons (Fsp3) is 0.438. The van der Waals surface area contributed by atoms with Gasteiger partial charge in [-0.05, 0) is 43.4 Å². The third kappa shape index (κ3) is 1.82. The van der Waals surface area contributed by atoms with Gasteiger partial charge >= 0.3 is 0 Å². The highest BCUT2D eigenvalue weighted by Crippen LogP contribution is 2.46. The van der Waals surface area contributed by atoms with Crippen LogP contribution in [0.2, 0.25) is 0 Å². The SMILES string of the molecule is O=S1C2CCC1CC(O)(c1ccc3cccnc3c1)C2.